The standard InChI is InChI=1S/C15H19N5O2/c16-19-7-5-14-15(6-8-19)18-12(10-17-14)9-11-1-3-13(4-2-11)20(21)22/h1-5,7,12,17-18H,6,8-10,16H2. The predicted molar refractivity (Wildman–Crippen MR) is 83.4 cm³/mol. The van der Waals surface area contributed by atoms with Crippen LogP contribution in [0.2, 0.25) is 0 Å². The molecule has 1 aromatic rings. The molecule has 0 saturated heterocycles. The maximum Gasteiger partial charge on any atom is 0.269 e. The van der Waals surface area contributed by atoms with Gasteiger partial charge in [0.2, 0.25) is 0 Å². The van der Waals surface area contributed by atoms with Gasteiger partial charge in [0.1, 0.15) is 0 Å². The van der Waals surface area contributed by atoms with E-state index < -0.39 is 0 Å². The van der Waals surface area contributed by atoms with Crippen LogP contribution in [0.4, 0.5) is 5.69 Å². The molecule has 2 aliphatic rings. The zero-order chi connectivity index (χ0) is 15.5. The molecule has 7 heteroatoms. The van der Waals surface area contributed by atoms with Gasteiger partial charge in [0.15, 0.2) is 0 Å². The summed E-state index contributed by atoms with van der Waals surface area (Å²) in [6.07, 6.45) is 5.53. The first kappa shape index (κ1) is 14.4. The highest BCUT2D eigenvalue weighted by Crippen LogP contribution is 2.18. The van der Waals surface area contributed by atoms with Crippen LogP contribution in [0.1, 0.15) is 12.0 Å². The molecule has 1 atom stereocenters. The van der Waals surface area contributed by atoms with Crippen LogP contribution < -0.4 is 16.5 Å². The highest BCUT2D eigenvalue weighted by molar-refractivity contribution is 5.34. The lowest BCUT2D eigenvalue weighted by atomic mass is 10.0. The van der Waals surface area contributed by atoms with Crippen LogP contribution in [0.25, 0.3) is 0 Å². The van der Waals surface area contributed by atoms with Crippen molar-refractivity contribution in [1.29, 1.82) is 0 Å². The van der Waals surface area contributed by atoms with Gasteiger partial charge in [0.05, 0.1) is 10.6 Å². The van der Waals surface area contributed by atoms with Gasteiger partial charge in [-0.2, -0.15) is 0 Å². The Morgan fingerprint density at radius 3 is 2.86 bits per heavy atom. The molecule has 1 aromatic carbocycles. The van der Waals surface area contributed by atoms with E-state index in [-0.39, 0.29) is 16.7 Å². The van der Waals surface area contributed by atoms with E-state index in [1.54, 1.807) is 17.1 Å². The molecule has 2 heterocycles. The fourth-order valence-electron chi connectivity index (χ4n) is 2.73. The van der Waals surface area contributed by atoms with Crippen LogP contribution in [0.5, 0.6) is 0 Å². The lowest BCUT2D eigenvalue weighted by Crippen LogP contribution is -2.45. The maximum atomic E-state index is 10.7. The molecule has 0 aromatic heterocycles. The number of hydrogen-bond donors (Lipinski definition) is 3. The summed E-state index contributed by atoms with van der Waals surface area (Å²) in [6, 6.07) is 7.00. The second kappa shape index (κ2) is 6.07. The fourth-order valence-corrected chi connectivity index (χ4v) is 2.73. The Morgan fingerprint density at radius 1 is 1.36 bits per heavy atom. The topological polar surface area (TPSA) is 96.5 Å². The van der Waals surface area contributed by atoms with Gasteiger partial charge in [-0.3, -0.25) is 10.1 Å². The summed E-state index contributed by atoms with van der Waals surface area (Å²) in [7, 11) is 0. The molecule has 0 bridgehead atoms. The lowest BCUT2D eigenvalue weighted by molar-refractivity contribution is -0.384. The predicted octanol–water partition coefficient (Wildman–Crippen LogP) is 1.00. The molecule has 4 N–H and O–H groups in total. The highest BCUT2D eigenvalue weighted by Gasteiger charge is 2.20. The fraction of sp³-hybridized carbons (Fsp3) is 0.333. The van der Waals surface area contributed by atoms with Crippen LogP contribution in [0, 0.1) is 10.1 Å². The van der Waals surface area contributed by atoms with Crippen LogP contribution in [0.15, 0.2) is 47.9 Å². The van der Waals surface area contributed by atoms with E-state index in [0.29, 0.717) is 0 Å². The first-order chi connectivity index (χ1) is 10.6. The Kier molecular flexibility index (Phi) is 3.97. The SMILES string of the molecule is NN1C=CC2=C(CC1)NC(Cc1ccc([N+](=O)[O-])cc1)CN2. The highest BCUT2D eigenvalue weighted by atomic mass is 16.6. The van der Waals surface area contributed by atoms with Crippen molar-refractivity contribution in [2.45, 2.75) is 18.9 Å². The number of nitro groups is 1. The van der Waals surface area contributed by atoms with Gasteiger partial charge in [-0.1, -0.05) is 12.1 Å². The quantitative estimate of drug-likeness (QED) is 0.438. The van der Waals surface area contributed by atoms with E-state index in [4.69, 9.17) is 5.84 Å². The second-order valence-electron chi connectivity index (χ2n) is 5.55. The van der Waals surface area contributed by atoms with Crippen LogP contribution >= 0.6 is 0 Å². The average Bonchev–Trinajstić information content (AvgIpc) is 2.70. The summed E-state index contributed by atoms with van der Waals surface area (Å²) in [6.45, 7) is 1.58. The monoisotopic (exact) mass is 301 g/mol. The van der Waals surface area contributed by atoms with Gasteiger partial charge in [0.25, 0.3) is 5.69 Å². The zero-order valence-corrected chi connectivity index (χ0v) is 12.2. The molecule has 116 valence electrons. The van der Waals surface area contributed by atoms with E-state index in [9.17, 15) is 10.1 Å². The van der Waals surface area contributed by atoms with E-state index in [1.165, 1.54) is 5.70 Å². The minimum Gasteiger partial charge on any atom is -0.382 e. The minimum atomic E-state index is -0.377. The van der Waals surface area contributed by atoms with Crippen LogP contribution in [-0.2, 0) is 6.42 Å². The molecule has 22 heavy (non-hydrogen) atoms. The number of hydrazine groups is 1. The van der Waals surface area contributed by atoms with E-state index in [2.05, 4.69) is 10.6 Å². The Labute approximate surface area is 128 Å². The number of benzene rings is 1. The Hall–Kier alpha value is -2.54. The molecule has 0 aliphatic carbocycles. The number of nitrogens with one attached hydrogen (secondary N) is 2. The normalized spacial score (nSPS) is 20.8. The first-order valence-corrected chi connectivity index (χ1v) is 7.28. The van der Waals surface area contributed by atoms with Gasteiger partial charge in [-0.25, -0.2) is 5.84 Å². The third-order valence-corrected chi connectivity index (χ3v) is 3.92. The van der Waals surface area contributed by atoms with Gasteiger partial charge in [-0.15, -0.1) is 0 Å². The zero-order valence-electron chi connectivity index (χ0n) is 12.2. The maximum absolute atomic E-state index is 10.7. The van der Waals surface area contributed by atoms with Gasteiger partial charge in [0, 0.05) is 49.6 Å². The summed E-state index contributed by atoms with van der Waals surface area (Å²) >= 11 is 0. The minimum absolute atomic E-state index is 0.125. The van der Waals surface area contributed by atoms with Crippen molar-refractivity contribution in [3.63, 3.8) is 0 Å². The number of nitrogens with zero attached hydrogens (tertiary/aromatic N) is 2. The Balaban J connectivity index is 1.64. The largest absolute Gasteiger partial charge is 0.382 e. The Bertz CT molecular complexity index is 623. The summed E-state index contributed by atoms with van der Waals surface area (Å²) in [5.74, 6) is 5.80. The van der Waals surface area contributed by atoms with Crippen molar-refractivity contribution in [1.82, 2.24) is 15.6 Å². The molecule has 0 amide bonds. The molecular formula is C15H19N5O2. The summed E-state index contributed by atoms with van der Waals surface area (Å²) in [5, 5.41) is 19.3. The molecule has 1 unspecified atom stereocenters. The number of hydrogen-bond acceptors (Lipinski definition) is 6. The van der Waals surface area contributed by atoms with Crippen molar-refractivity contribution in [2.24, 2.45) is 5.84 Å². The van der Waals surface area contributed by atoms with Crippen LogP contribution in [-0.4, -0.2) is 29.1 Å². The van der Waals surface area contributed by atoms with E-state index >= 15 is 0 Å². The molecule has 7 nitrogen and oxygen atoms in total. The van der Waals surface area contributed by atoms with Crippen molar-refractivity contribution in [3.8, 4) is 0 Å². The molecule has 3 rings (SSSR count). The first-order valence-electron chi connectivity index (χ1n) is 7.28. The van der Waals surface area contributed by atoms with Gasteiger partial charge >= 0.3 is 0 Å². The van der Waals surface area contributed by atoms with Crippen molar-refractivity contribution >= 4 is 5.69 Å². The number of nitro benzene ring substituents is 1. The second-order valence-corrected chi connectivity index (χ2v) is 5.55. The molecule has 0 radical (unpaired) electrons. The molecular weight excluding hydrogens is 282 g/mol. The van der Waals surface area contributed by atoms with Crippen molar-refractivity contribution in [3.05, 3.63) is 63.6 Å². The summed E-state index contributed by atoms with van der Waals surface area (Å²) < 4.78 is 0. The smallest absolute Gasteiger partial charge is 0.269 e. The van der Waals surface area contributed by atoms with Crippen molar-refractivity contribution < 1.29 is 4.92 Å². The number of non-ortho nitro benzene ring substituents is 1. The number of nitrogens with two attached hydrogens (primary N) is 1. The van der Waals surface area contributed by atoms with E-state index in [1.807, 2.05) is 24.4 Å². The van der Waals surface area contributed by atoms with Crippen molar-refractivity contribution in [2.75, 3.05) is 13.1 Å². The van der Waals surface area contributed by atoms with E-state index in [0.717, 1.165) is 37.2 Å². The number of allylic oxidation sites excluding steroid dienone is 1. The average molecular weight is 301 g/mol. The summed E-state index contributed by atoms with van der Waals surface area (Å²) in [4.78, 5) is 10.3. The van der Waals surface area contributed by atoms with Gasteiger partial charge in [-0.05, 0) is 18.1 Å². The third-order valence-electron chi connectivity index (χ3n) is 3.92. The molecule has 0 fully saturated rings. The number of rotatable bonds is 3. The van der Waals surface area contributed by atoms with Crippen LogP contribution in [0.3, 0.4) is 0 Å². The third kappa shape index (κ3) is 3.20. The molecule has 2 aliphatic heterocycles. The molecule has 0 spiro atoms. The molecule has 0 saturated carbocycles. The Morgan fingerprint density at radius 2 is 2.14 bits per heavy atom. The summed E-state index contributed by atoms with van der Waals surface area (Å²) in [5.41, 5.74) is 3.47. The lowest BCUT2D eigenvalue weighted by Gasteiger charge is -2.29. The van der Waals surface area contributed by atoms with Gasteiger partial charge < -0.3 is 15.6 Å².